The molecule has 0 aromatic heterocycles. The van der Waals surface area contributed by atoms with Crippen LogP contribution in [0.15, 0.2) is 71.6 Å². The SMILES string of the molecule is CNC(=O)[C@H](C)N(Cc1c(Cl)cccc1Cl)C(=O)CN(c1ccccc1C)S(=O)(=O)c1ccc(Cl)cc1. The number of sulfonamides is 1. The lowest BCUT2D eigenvalue weighted by molar-refractivity contribution is -0.139. The van der Waals surface area contributed by atoms with E-state index >= 15 is 0 Å². The van der Waals surface area contributed by atoms with Crippen molar-refractivity contribution < 1.29 is 18.0 Å². The first kappa shape index (κ1) is 28.8. The Morgan fingerprint density at radius 1 is 0.919 bits per heavy atom. The molecule has 7 nitrogen and oxygen atoms in total. The van der Waals surface area contributed by atoms with Gasteiger partial charge in [-0.1, -0.05) is 59.1 Å². The van der Waals surface area contributed by atoms with Crippen molar-refractivity contribution >= 4 is 62.3 Å². The quantitative estimate of drug-likeness (QED) is 0.370. The molecular weight excluding hydrogens is 557 g/mol. The van der Waals surface area contributed by atoms with Crippen LogP contribution in [0.4, 0.5) is 5.69 Å². The van der Waals surface area contributed by atoms with Crippen molar-refractivity contribution in [3.63, 3.8) is 0 Å². The van der Waals surface area contributed by atoms with E-state index in [4.69, 9.17) is 34.8 Å². The second-order valence-electron chi connectivity index (χ2n) is 8.26. The summed E-state index contributed by atoms with van der Waals surface area (Å²) < 4.78 is 28.6. The summed E-state index contributed by atoms with van der Waals surface area (Å²) >= 11 is 18.6. The number of nitrogens with one attached hydrogen (secondary N) is 1. The number of carbonyl (C=O) groups excluding carboxylic acids is 2. The fourth-order valence-corrected chi connectivity index (χ4v) is 5.86. The fraction of sp³-hybridized carbons (Fsp3) is 0.231. The maximum Gasteiger partial charge on any atom is 0.264 e. The number of likely N-dealkylation sites (N-methyl/N-ethyl adjacent to an activating group) is 1. The monoisotopic (exact) mass is 581 g/mol. The lowest BCUT2D eigenvalue weighted by atomic mass is 10.1. The van der Waals surface area contributed by atoms with Crippen LogP contribution in [0.5, 0.6) is 0 Å². The Kier molecular flexibility index (Phi) is 9.47. The highest BCUT2D eigenvalue weighted by atomic mass is 35.5. The summed E-state index contributed by atoms with van der Waals surface area (Å²) in [6, 6.07) is 16.5. The number of hydrogen-bond acceptors (Lipinski definition) is 4. The maximum absolute atomic E-state index is 13.8. The first-order valence-electron chi connectivity index (χ1n) is 11.2. The van der Waals surface area contributed by atoms with Gasteiger partial charge in [-0.05, 0) is 61.9 Å². The highest BCUT2D eigenvalue weighted by Gasteiger charge is 2.33. The molecule has 0 aliphatic carbocycles. The summed E-state index contributed by atoms with van der Waals surface area (Å²) in [5.74, 6) is -1.05. The predicted octanol–water partition coefficient (Wildman–Crippen LogP) is 5.31. The van der Waals surface area contributed by atoms with Crippen LogP contribution < -0.4 is 9.62 Å². The Bertz CT molecular complexity index is 1380. The second kappa shape index (κ2) is 12.2. The highest BCUT2D eigenvalue weighted by molar-refractivity contribution is 7.92. The lowest BCUT2D eigenvalue weighted by Gasteiger charge is -2.32. The highest BCUT2D eigenvalue weighted by Crippen LogP contribution is 2.29. The number of hydrogen-bond donors (Lipinski definition) is 1. The number of halogens is 3. The van der Waals surface area contributed by atoms with Crippen molar-refractivity contribution in [2.24, 2.45) is 0 Å². The van der Waals surface area contributed by atoms with Gasteiger partial charge in [-0.25, -0.2) is 8.42 Å². The Labute approximate surface area is 232 Å². The molecule has 0 aliphatic heterocycles. The first-order chi connectivity index (χ1) is 17.5. The standard InChI is InChI=1S/C26H26Cl3N3O4S/c1-17-7-4-5-10-24(17)32(37(35,36)20-13-11-19(27)12-14-20)16-25(33)31(18(2)26(34)30-3)15-21-22(28)8-6-9-23(21)29/h4-14,18H,15-16H2,1-3H3,(H,30,34)/t18-/m0/s1. The molecule has 2 amide bonds. The molecule has 0 unspecified atom stereocenters. The molecule has 1 N–H and O–H groups in total. The van der Waals surface area contributed by atoms with Crippen LogP contribution in [0.2, 0.25) is 15.1 Å². The van der Waals surface area contributed by atoms with Crippen LogP contribution in [-0.4, -0.2) is 44.8 Å². The van der Waals surface area contributed by atoms with E-state index in [0.717, 1.165) is 4.31 Å². The average molecular weight is 583 g/mol. The van der Waals surface area contributed by atoms with Crippen molar-refractivity contribution in [3.8, 4) is 0 Å². The zero-order chi connectivity index (χ0) is 27.3. The van der Waals surface area contributed by atoms with Gasteiger partial charge in [0.1, 0.15) is 12.6 Å². The molecule has 1 atom stereocenters. The Morgan fingerprint density at radius 2 is 1.51 bits per heavy atom. The number of rotatable bonds is 9. The lowest BCUT2D eigenvalue weighted by Crippen LogP contribution is -2.50. The number of benzene rings is 3. The Hall–Kier alpha value is -2.78. The minimum Gasteiger partial charge on any atom is -0.357 e. The molecule has 0 spiro atoms. The molecule has 37 heavy (non-hydrogen) atoms. The van der Waals surface area contributed by atoms with Crippen molar-refractivity contribution in [1.82, 2.24) is 10.2 Å². The van der Waals surface area contributed by atoms with E-state index < -0.39 is 34.4 Å². The number of anilines is 1. The first-order valence-corrected chi connectivity index (χ1v) is 13.8. The number of aryl methyl sites for hydroxylation is 1. The zero-order valence-electron chi connectivity index (χ0n) is 20.4. The van der Waals surface area contributed by atoms with Crippen molar-refractivity contribution in [1.29, 1.82) is 0 Å². The van der Waals surface area contributed by atoms with Crippen LogP contribution in [0.1, 0.15) is 18.1 Å². The van der Waals surface area contributed by atoms with Gasteiger partial charge in [0.25, 0.3) is 10.0 Å². The average Bonchev–Trinajstić information content (AvgIpc) is 2.87. The van der Waals surface area contributed by atoms with E-state index in [1.807, 2.05) is 0 Å². The minimum atomic E-state index is -4.19. The van der Waals surface area contributed by atoms with E-state index in [0.29, 0.717) is 31.9 Å². The summed E-state index contributed by atoms with van der Waals surface area (Å²) in [6.45, 7) is 2.62. The smallest absolute Gasteiger partial charge is 0.264 e. The normalized spacial score (nSPS) is 12.1. The third-order valence-corrected chi connectivity index (χ3v) is 8.60. The summed E-state index contributed by atoms with van der Waals surface area (Å²) in [5.41, 5.74) is 1.42. The molecule has 0 radical (unpaired) electrons. The number of carbonyl (C=O) groups is 2. The summed E-state index contributed by atoms with van der Waals surface area (Å²) in [6.07, 6.45) is 0. The molecule has 0 saturated carbocycles. The van der Waals surface area contributed by atoms with E-state index in [2.05, 4.69) is 5.32 Å². The molecule has 0 aliphatic rings. The van der Waals surface area contributed by atoms with E-state index in [-0.39, 0.29) is 11.4 Å². The molecule has 3 aromatic rings. The fourth-order valence-electron chi connectivity index (χ4n) is 3.74. The zero-order valence-corrected chi connectivity index (χ0v) is 23.5. The van der Waals surface area contributed by atoms with Crippen LogP contribution in [-0.2, 0) is 26.2 Å². The van der Waals surface area contributed by atoms with Gasteiger partial charge in [0.05, 0.1) is 10.6 Å². The van der Waals surface area contributed by atoms with Crippen molar-refractivity contribution in [3.05, 3.63) is 92.9 Å². The van der Waals surface area contributed by atoms with Crippen LogP contribution >= 0.6 is 34.8 Å². The summed E-state index contributed by atoms with van der Waals surface area (Å²) in [7, 11) is -2.74. The molecule has 11 heteroatoms. The van der Waals surface area contributed by atoms with Gasteiger partial charge in [-0.2, -0.15) is 0 Å². The third-order valence-electron chi connectivity index (χ3n) is 5.87. The van der Waals surface area contributed by atoms with Gasteiger partial charge < -0.3 is 10.2 Å². The van der Waals surface area contributed by atoms with Crippen LogP contribution in [0.25, 0.3) is 0 Å². The van der Waals surface area contributed by atoms with Crippen molar-refractivity contribution in [2.75, 3.05) is 17.9 Å². The van der Waals surface area contributed by atoms with Gasteiger partial charge in [0.15, 0.2) is 0 Å². The second-order valence-corrected chi connectivity index (χ2v) is 11.4. The van der Waals surface area contributed by atoms with Crippen molar-refractivity contribution in [2.45, 2.75) is 31.3 Å². The molecule has 0 fully saturated rings. The number of nitrogens with zero attached hydrogens (tertiary/aromatic N) is 2. The van der Waals surface area contributed by atoms with Crippen LogP contribution in [0, 0.1) is 6.92 Å². The van der Waals surface area contributed by atoms with Crippen LogP contribution in [0.3, 0.4) is 0 Å². The van der Waals surface area contributed by atoms with Gasteiger partial charge in [-0.3, -0.25) is 13.9 Å². The van der Waals surface area contributed by atoms with Gasteiger partial charge in [-0.15, -0.1) is 0 Å². The third kappa shape index (κ3) is 6.57. The van der Waals surface area contributed by atoms with E-state index in [9.17, 15) is 18.0 Å². The van der Waals surface area contributed by atoms with E-state index in [1.165, 1.54) is 36.2 Å². The van der Waals surface area contributed by atoms with Gasteiger partial charge in [0, 0.05) is 34.2 Å². The minimum absolute atomic E-state index is 0.0343. The largest absolute Gasteiger partial charge is 0.357 e. The van der Waals surface area contributed by atoms with Gasteiger partial charge >= 0.3 is 0 Å². The van der Waals surface area contributed by atoms with Gasteiger partial charge in [0.2, 0.25) is 11.8 Å². The topological polar surface area (TPSA) is 86.8 Å². The Balaban J connectivity index is 2.08. The molecule has 0 saturated heterocycles. The molecule has 3 rings (SSSR count). The molecule has 196 valence electrons. The van der Waals surface area contributed by atoms with E-state index in [1.54, 1.807) is 56.3 Å². The summed E-state index contributed by atoms with van der Waals surface area (Å²) in [5, 5.41) is 3.54. The predicted molar refractivity (Wildman–Crippen MR) is 148 cm³/mol. The molecule has 0 bridgehead atoms. The molecule has 3 aromatic carbocycles. The number of amides is 2. The summed E-state index contributed by atoms with van der Waals surface area (Å²) in [4.78, 5) is 27.6. The molecule has 0 heterocycles. The number of para-hydroxylation sites is 1. The Morgan fingerprint density at radius 3 is 2.08 bits per heavy atom. The molecular formula is C26H26Cl3N3O4S. The maximum atomic E-state index is 13.8.